The van der Waals surface area contributed by atoms with Crippen molar-refractivity contribution in [2.75, 3.05) is 6.61 Å². The number of nitrogens with zero attached hydrogens (tertiary/aromatic N) is 1. The van der Waals surface area contributed by atoms with Crippen LogP contribution in [0.4, 0.5) is 0 Å². The van der Waals surface area contributed by atoms with Crippen LogP contribution in [-0.4, -0.2) is 12.7 Å². The van der Waals surface area contributed by atoms with Gasteiger partial charge in [0.25, 0.3) is 0 Å². The molecule has 1 aromatic rings. The first-order valence-electron chi connectivity index (χ1n) is 6.30. The largest absolute Gasteiger partial charge is 0.493 e. The Morgan fingerprint density at radius 2 is 2.11 bits per heavy atom. The van der Waals surface area contributed by atoms with E-state index in [1.165, 1.54) is 0 Å². The maximum atomic E-state index is 10.8. The molecule has 2 aliphatic rings. The predicted molar refractivity (Wildman–Crippen MR) is 68.9 cm³/mol. The van der Waals surface area contributed by atoms with E-state index in [0.717, 1.165) is 49.0 Å². The van der Waals surface area contributed by atoms with E-state index in [1.54, 1.807) is 6.08 Å². The van der Waals surface area contributed by atoms with Crippen LogP contribution in [-0.2, 0) is 16.8 Å². The highest BCUT2D eigenvalue weighted by Gasteiger charge is 2.39. The molecule has 1 saturated carbocycles. The van der Waals surface area contributed by atoms with E-state index in [-0.39, 0.29) is 0 Å². The lowest BCUT2D eigenvalue weighted by Gasteiger charge is -2.25. The number of halogens is 1. The third-order valence-corrected chi connectivity index (χ3v) is 4.16. The lowest BCUT2D eigenvalue weighted by atomic mass is 9.87. The number of hydrogen-bond acceptors (Lipinski definition) is 3. The predicted octanol–water partition coefficient (Wildman–Crippen LogP) is 3.38. The fourth-order valence-corrected chi connectivity index (χ4v) is 3.34. The molecular weight excluding hydrogens is 250 g/mol. The number of rotatable bonds is 2. The molecule has 1 aromatic carbocycles. The molecule has 3 nitrogen and oxygen atoms in total. The minimum Gasteiger partial charge on any atom is -0.493 e. The van der Waals surface area contributed by atoms with Crippen molar-refractivity contribution >= 4 is 17.7 Å². The first-order valence-corrected chi connectivity index (χ1v) is 6.68. The van der Waals surface area contributed by atoms with E-state index >= 15 is 0 Å². The zero-order valence-electron chi connectivity index (χ0n) is 10.0. The fourth-order valence-electron chi connectivity index (χ4n) is 3.10. The zero-order valence-corrected chi connectivity index (χ0v) is 10.8. The summed E-state index contributed by atoms with van der Waals surface area (Å²) in [6.45, 7) is 0.684. The minimum absolute atomic E-state index is 0.457. The number of ether oxygens (including phenoxy) is 1. The Labute approximate surface area is 111 Å². The van der Waals surface area contributed by atoms with Crippen molar-refractivity contribution in [3.05, 3.63) is 28.3 Å². The minimum atomic E-state index is -0.457. The van der Waals surface area contributed by atoms with Crippen LogP contribution >= 0.6 is 11.6 Å². The molecule has 0 aromatic heterocycles. The summed E-state index contributed by atoms with van der Waals surface area (Å²) in [5.74, 6) is 0.889. The average molecular weight is 264 g/mol. The molecule has 4 heteroatoms. The monoisotopic (exact) mass is 263 g/mol. The SMILES string of the molecule is O=C=NC1(c2cc(Cl)cc3c2OCC3)CCCC1. The highest BCUT2D eigenvalue weighted by Crippen LogP contribution is 2.48. The van der Waals surface area contributed by atoms with Gasteiger partial charge in [-0.25, -0.2) is 4.79 Å². The summed E-state index contributed by atoms with van der Waals surface area (Å²) in [5.41, 5.74) is 1.65. The van der Waals surface area contributed by atoms with Gasteiger partial charge in [0.1, 0.15) is 11.3 Å². The van der Waals surface area contributed by atoms with Gasteiger partial charge in [0.05, 0.1) is 6.61 Å². The van der Waals surface area contributed by atoms with Crippen LogP contribution in [0.5, 0.6) is 5.75 Å². The van der Waals surface area contributed by atoms with Crippen LogP contribution in [0.15, 0.2) is 17.1 Å². The molecule has 94 valence electrons. The summed E-state index contributed by atoms with van der Waals surface area (Å²) < 4.78 is 5.72. The van der Waals surface area contributed by atoms with Crippen LogP contribution in [0, 0.1) is 0 Å². The van der Waals surface area contributed by atoms with Crippen molar-refractivity contribution in [3.8, 4) is 5.75 Å². The third kappa shape index (κ3) is 1.75. The van der Waals surface area contributed by atoms with E-state index in [4.69, 9.17) is 16.3 Å². The van der Waals surface area contributed by atoms with E-state index in [9.17, 15) is 4.79 Å². The van der Waals surface area contributed by atoms with E-state index < -0.39 is 5.54 Å². The summed E-state index contributed by atoms with van der Waals surface area (Å²) in [6.07, 6.45) is 6.51. The second-order valence-electron chi connectivity index (χ2n) is 4.98. The Morgan fingerprint density at radius 1 is 1.33 bits per heavy atom. The van der Waals surface area contributed by atoms with Gasteiger partial charge in [0, 0.05) is 17.0 Å². The molecule has 3 rings (SSSR count). The first kappa shape index (κ1) is 11.8. The molecule has 0 saturated heterocycles. The lowest BCUT2D eigenvalue weighted by Crippen LogP contribution is -2.20. The molecule has 1 heterocycles. The van der Waals surface area contributed by atoms with Gasteiger partial charge in [-0.05, 0) is 30.5 Å². The van der Waals surface area contributed by atoms with Crippen LogP contribution in [0.25, 0.3) is 0 Å². The average Bonchev–Trinajstić information content (AvgIpc) is 2.97. The van der Waals surface area contributed by atoms with E-state index in [1.807, 2.05) is 12.1 Å². The van der Waals surface area contributed by atoms with Gasteiger partial charge < -0.3 is 4.74 Å². The maximum Gasteiger partial charge on any atom is 0.235 e. The summed E-state index contributed by atoms with van der Waals surface area (Å²) >= 11 is 6.17. The molecule has 0 bridgehead atoms. The van der Waals surface area contributed by atoms with Crippen molar-refractivity contribution in [1.82, 2.24) is 0 Å². The third-order valence-electron chi connectivity index (χ3n) is 3.94. The smallest absolute Gasteiger partial charge is 0.235 e. The molecule has 1 aliphatic heterocycles. The van der Waals surface area contributed by atoms with E-state index in [0.29, 0.717) is 11.6 Å². The normalized spacial score (nSPS) is 20.1. The molecule has 0 spiro atoms. The standard InChI is InChI=1S/C14H14ClNO2/c15-11-7-10-3-6-18-13(10)12(8-11)14(16-9-17)4-1-2-5-14/h7-8H,1-6H2. The number of isocyanates is 1. The Kier molecular flexibility index (Phi) is 2.89. The van der Waals surface area contributed by atoms with E-state index in [2.05, 4.69) is 4.99 Å². The number of benzene rings is 1. The molecule has 0 N–H and O–H groups in total. The van der Waals surface area contributed by atoms with Gasteiger partial charge in [-0.1, -0.05) is 24.4 Å². The van der Waals surface area contributed by atoms with Gasteiger partial charge >= 0.3 is 0 Å². The second-order valence-corrected chi connectivity index (χ2v) is 5.42. The van der Waals surface area contributed by atoms with Crippen molar-refractivity contribution in [2.45, 2.75) is 37.6 Å². The zero-order chi connectivity index (χ0) is 12.6. The Bertz CT molecular complexity index is 529. The van der Waals surface area contributed by atoms with Crippen molar-refractivity contribution < 1.29 is 9.53 Å². The Morgan fingerprint density at radius 3 is 2.83 bits per heavy atom. The highest BCUT2D eigenvalue weighted by molar-refractivity contribution is 6.30. The topological polar surface area (TPSA) is 38.7 Å². The molecule has 0 atom stereocenters. The van der Waals surface area contributed by atoms with Crippen LogP contribution in [0.1, 0.15) is 36.8 Å². The van der Waals surface area contributed by atoms with Crippen molar-refractivity contribution in [2.24, 2.45) is 4.99 Å². The summed E-state index contributed by atoms with van der Waals surface area (Å²) in [5, 5.41) is 0.696. The van der Waals surface area contributed by atoms with Gasteiger partial charge in [0.15, 0.2) is 0 Å². The van der Waals surface area contributed by atoms with Crippen LogP contribution in [0.3, 0.4) is 0 Å². The molecule has 18 heavy (non-hydrogen) atoms. The molecule has 1 aliphatic carbocycles. The maximum absolute atomic E-state index is 10.8. The lowest BCUT2D eigenvalue weighted by molar-refractivity contribution is 0.339. The number of hydrogen-bond donors (Lipinski definition) is 0. The number of aliphatic imine (C=N–C) groups is 1. The number of fused-ring (bicyclic) bond motifs is 1. The van der Waals surface area contributed by atoms with Crippen molar-refractivity contribution in [3.63, 3.8) is 0 Å². The van der Waals surface area contributed by atoms with Gasteiger partial charge in [-0.2, -0.15) is 4.99 Å². The molecule has 0 unspecified atom stereocenters. The van der Waals surface area contributed by atoms with Gasteiger partial charge in [-0.15, -0.1) is 0 Å². The number of carbonyl (C=O) groups excluding carboxylic acids is 1. The van der Waals surface area contributed by atoms with Gasteiger partial charge in [-0.3, -0.25) is 0 Å². The molecule has 0 radical (unpaired) electrons. The summed E-state index contributed by atoms with van der Waals surface area (Å²) in [6, 6.07) is 3.85. The molecule has 1 fully saturated rings. The quantitative estimate of drug-likeness (QED) is 0.606. The fraction of sp³-hybridized carbons (Fsp3) is 0.500. The Balaban J connectivity index is 2.18. The van der Waals surface area contributed by atoms with Crippen molar-refractivity contribution in [1.29, 1.82) is 0 Å². The summed E-state index contributed by atoms with van der Waals surface area (Å²) in [7, 11) is 0. The van der Waals surface area contributed by atoms with Gasteiger partial charge in [0.2, 0.25) is 6.08 Å². The van der Waals surface area contributed by atoms with Crippen LogP contribution in [0.2, 0.25) is 5.02 Å². The molecular formula is C14H14ClNO2. The summed E-state index contributed by atoms with van der Waals surface area (Å²) in [4.78, 5) is 14.9. The highest BCUT2D eigenvalue weighted by atomic mass is 35.5. The van der Waals surface area contributed by atoms with Crippen LogP contribution < -0.4 is 4.74 Å². The second kappa shape index (κ2) is 4.42. The molecule has 0 amide bonds. The Hall–Kier alpha value is -1.31. The first-order chi connectivity index (χ1) is 8.75.